The molecule has 0 amide bonds. The Morgan fingerprint density at radius 1 is 1.15 bits per heavy atom. The normalized spacial score (nSPS) is 17.9. The van der Waals surface area contributed by atoms with E-state index >= 15 is 0 Å². The van der Waals surface area contributed by atoms with Crippen LogP contribution in [0.4, 0.5) is 0 Å². The first kappa shape index (κ1) is 19.4. The predicted molar refractivity (Wildman–Crippen MR) is 97.0 cm³/mol. The van der Waals surface area contributed by atoms with Crippen molar-refractivity contribution in [1.29, 1.82) is 0 Å². The van der Waals surface area contributed by atoms with Crippen LogP contribution in [-0.2, 0) is 29.2 Å². The van der Waals surface area contributed by atoms with Gasteiger partial charge in [-0.3, -0.25) is 0 Å². The van der Waals surface area contributed by atoms with Crippen LogP contribution in [0, 0.1) is 0 Å². The van der Waals surface area contributed by atoms with E-state index in [-0.39, 0.29) is 34.3 Å². The summed E-state index contributed by atoms with van der Waals surface area (Å²) >= 11 is 0. The predicted octanol–water partition coefficient (Wildman–Crippen LogP) is 1.93. The van der Waals surface area contributed by atoms with Gasteiger partial charge >= 0.3 is 5.97 Å². The molecule has 1 aliphatic heterocycles. The van der Waals surface area contributed by atoms with E-state index in [1.807, 2.05) is 0 Å². The van der Waals surface area contributed by atoms with Gasteiger partial charge in [0, 0.05) is 0 Å². The third-order valence-electron chi connectivity index (χ3n) is 4.15. The maximum Gasteiger partial charge on any atom is 0.344 e. The molecule has 0 aromatic heterocycles. The van der Waals surface area contributed by atoms with Gasteiger partial charge in [0.05, 0.1) is 22.2 Å². The number of ether oxygens (including phenoxy) is 2. The third kappa shape index (κ3) is 3.84. The van der Waals surface area contributed by atoms with Crippen LogP contribution in [0.25, 0.3) is 0 Å². The molecule has 0 aliphatic carbocycles. The molecule has 9 heteroatoms. The fraction of sp³-hybridized carbons (Fsp3) is 0.278. The van der Waals surface area contributed by atoms with Crippen molar-refractivity contribution in [1.82, 2.24) is 0 Å². The van der Waals surface area contributed by atoms with Crippen molar-refractivity contribution in [3.05, 3.63) is 54.1 Å². The van der Waals surface area contributed by atoms with E-state index in [0.29, 0.717) is 0 Å². The van der Waals surface area contributed by atoms with E-state index in [0.717, 1.165) is 0 Å². The zero-order valence-electron chi connectivity index (χ0n) is 14.5. The fourth-order valence-corrected chi connectivity index (χ4v) is 7.25. The molecular formula is C18H18O7S2. The molecule has 3 rings (SSSR count). The Bertz CT molecular complexity index is 1060. The molecule has 0 N–H and O–H groups in total. The molecule has 0 saturated heterocycles. The summed E-state index contributed by atoms with van der Waals surface area (Å²) in [4.78, 5) is 11.4. The van der Waals surface area contributed by atoms with Gasteiger partial charge in [0.2, 0.25) is 0 Å². The highest BCUT2D eigenvalue weighted by Crippen LogP contribution is 2.42. The van der Waals surface area contributed by atoms with E-state index in [9.17, 15) is 21.6 Å². The van der Waals surface area contributed by atoms with Gasteiger partial charge in [-0.05, 0) is 36.8 Å². The summed E-state index contributed by atoms with van der Waals surface area (Å²) in [6.45, 7) is 1.51. The van der Waals surface area contributed by atoms with Crippen LogP contribution in [0.2, 0.25) is 0 Å². The van der Waals surface area contributed by atoms with E-state index in [2.05, 4.69) is 0 Å². The average Bonchev–Trinajstić information content (AvgIpc) is 2.92. The zero-order valence-corrected chi connectivity index (χ0v) is 16.1. The standard InChI is InChI=1S/C18H18O7S2/c1-2-24-18(19)11-25-13-8-9-15-16(10-13)26(20,21)12-17(15)27(22,23)14-6-4-3-5-7-14/h3-10,17H,2,11-12H2,1H3. The molecule has 27 heavy (non-hydrogen) atoms. The van der Waals surface area contributed by atoms with Gasteiger partial charge < -0.3 is 9.47 Å². The number of esters is 1. The Labute approximate surface area is 157 Å². The molecule has 1 heterocycles. The van der Waals surface area contributed by atoms with Gasteiger partial charge in [-0.1, -0.05) is 24.3 Å². The number of sulfone groups is 2. The van der Waals surface area contributed by atoms with Crippen LogP contribution >= 0.6 is 0 Å². The molecule has 1 atom stereocenters. The molecule has 1 aliphatic rings. The van der Waals surface area contributed by atoms with Crippen LogP contribution in [0.3, 0.4) is 0 Å². The van der Waals surface area contributed by atoms with Crippen LogP contribution in [-0.4, -0.2) is 41.8 Å². The van der Waals surface area contributed by atoms with Crippen molar-refractivity contribution >= 4 is 25.6 Å². The minimum Gasteiger partial charge on any atom is -0.482 e. The van der Waals surface area contributed by atoms with Crippen LogP contribution in [0.15, 0.2) is 58.3 Å². The van der Waals surface area contributed by atoms with Gasteiger partial charge in [-0.2, -0.15) is 0 Å². The highest BCUT2D eigenvalue weighted by Gasteiger charge is 2.43. The Hall–Kier alpha value is -2.39. The molecule has 0 fully saturated rings. The van der Waals surface area contributed by atoms with Crippen LogP contribution < -0.4 is 4.74 Å². The van der Waals surface area contributed by atoms with E-state index in [1.54, 1.807) is 25.1 Å². The Kier molecular flexibility index (Phi) is 5.25. The number of benzene rings is 2. The second-order valence-electron chi connectivity index (χ2n) is 5.92. The number of carbonyl (C=O) groups excluding carboxylic acids is 1. The zero-order chi connectivity index (χ0) is 19.7. The monoisotopic (exact) mass is 410 g/mol. The highest BCUT2D eigenvalue weighted by atomic mass is 32.2. The van der Waals surface area contributed by atoms with Crippen molar-refractivity contribution in [3.8, 4) is 5.75 Å². The van der Waals surface area contributed by atoms with E-state index < -0.39 is 36.6 Å². The highest BCUT2D eigenvalue weighted by molar-refractivity contribution is 7.96. The molecule has 144 valence electrons. The quantitative estimate of drug-likeness (QED) is 0.670. The van der Waals surface area contributed by atoms with E-state index in [1.165, 1.54) is 30.3 Å². The minimum atomic E-state index is -3.86. The number of hydrogen-bond donors (Lipinski definition) is 0. The number of carbonyl (C=O) groups is 1. The van der Waals surface area contributed by atoms with Crippen LogP contribution in [0.1, 0.15) is 17.7 Å². The topological polar surface area (TPSA) is 104 Å². The number of rotatable bonds is 6. The number of hydrogen-bond acceptors (Lipinski definition) is 7. The first-order valence-corrected chi connectivity index (χ1v) is 11.4. The molecule has 2 aromatic carbocycles. The van der Waals surface area contributed by atoms with Gasteiger partial charge in [-0.15, -0.1) is 0 Å². The summed E-state index contributed by atoms with van der Waals surface area (Å²) in [6.07, 6.45) is 0. The summed E-state index contributed by atoms with van der Waals surface area (Å²) in [6, 6.07) is 11.9. The van der Waals surface area contributed by atoms with Crippen molar-refractivity contribution in [2.24, 2.45) is 0 Å². The fourth-order valence-electron chi connectivity index (χ4n) is 2.89. The first-order chi connectivity index (χ1) is 12.8. The maximum atomic E-state index is 12.9. The van der Waals surface area contributed by atoms with Gasteiger partial charge in [0.25, 0.3) is 0 Å². The molecule has 1 unspecified atom stereocenters. The summed E-state index contributed by atoms with van der Waals surface area (Å²) in [7, 11) is -7.66. The summed E-state index contributed by atoms with van der Waals surface area (Å²) < 4.78 is 60.8. The lowest BCUT2D eigenvalue weighted by Crippen LogP contribution is -2.15. The smallest absolute Gasteiger partial charge is 0.344 e. The van der Waals surface area contributed by atoms with Gasteiger partial charge in [0.1, 0.15) is 11.0 Å². The summed E-state index contributed by atoms with van der Waals surface area (Å²) in [5, 5.41) is -1.18. The second kappa shape index (κ2) is 7.32. The minimum absolute atomic E-state index is 0.0701. The molecule has 2 aromatic rings. The van der Waals surface area contributed by atoms with Crippen molar-refractivity contribution in [2.75, 3.05) is 19.0 Å². The lowest BCUT2D eigenvalue weighted by Gasteiger charge is -2.12. The Balaban J connectivity index is 1.94. The average molecular weight is 410 g/mol. The molecule has 0 spiro atoms. The summed E-state index contributed by atoms with van der Waals surface area (Å²) in [5.74, 6) is -0.950. The van der Waals surface area contributed by atoms with Crippen molar-refractivity contribution in [3.63, 3.8) is 0 Å². The maximum absolute atomic E-state index is 12.9. The van der Waals surface area contributed by atoms with Gasteiger partial charge in [-0.25, -0.2) is 21.6 Å². The lowest BCUT2D eigenvalue weighted by molar-refractivity contribution is -0.145. The molecule has 0 saturated carbocycles. The van der Waals surface area contributed by atoms with Crippen LogP contribution in [0.5, 0.6) is 5.75 Å². The number of fused-ring (bicyclic) bond motifs is 1. The summed E-state index contributed by atoms with van der Waals surface area (Å²) in [5.41, 5.74) is 0.210. The Morgan fingerprint density at radius 2 is 1.85 bits per heavy atom. The first-order valence-electron chi connectivity index (χ1n) is 8.20. The Morgan fingerprint density at radius 3 is 2.52 bits per heavy atom. The molecular weight excluding hydrogens is 392 g/mol. The molecule has 0 radical (unpaired) electrons. The van der Waals surface area contributed by atoms with Crippen molar-refractivity contribution in [2.45, 2.75) is 22.0 Å². The molecule has 0 bridgehead atoms. The van der Waals surface area contributed by atoms with Gasteiger partial charge in [0.15, 0.2) is 26.3 Å². The van der Waals surface area contributed by atoms with Crippen molar-refractivity contribution < 1.29 is 31.1 Å². The second-order valence-corrected chi connectivity index (χ2v) is 10.1. The largest absolute Gasteiger partial charge is 0.482 e. The third-order valence-corrected chi connectivity index (χ3v) is 8.25. The molecule has 7 nitrogen and oxygen atoms in total. The van der Waals surface area contributed by atoms with E-state index in [4.69, 9.17) is 9.47 Å². The SMILES string of the molecule is CCOC(=O)COc1ccc2c(c1)S(=O)(=O)CC2S(=O)(=O)c1ccccc1. The lowest BCUT2D eigenvalue weighted by atomic mass is 10.1.